The third-order valence-corrected chi connectivity index (χ3v) is 5.16. The Bertz CT molecular complexity index is 339. The van der Waals surface area contributed by atoms with Crippen LogP contribution in [0.1, 0.15) is 52.4 Å². The minimum atomic E-state index is -3.09. The second-order valence-electron chi connectivity index (χ2n) is 6.20. The van der Waals surface area contributed by atoms with Crippen molar-refractivity contribution in [3.63, 3.8) is 0 Å². The van der Waals surface area contributed by atoms with Gasteiger partial charge in [-0.25, -0.2) is 13.1 Å². The largest absolute Gasteiger partial charge is 0.320 e. The molecule has 0 spiro atoms. The minimum Gasteiger partial charge on any atom is -0.320 e. The maximum absolute atomic E-state index is 11.9. The molecule has 5 heteroatoms. The smallest absolute Gasteiger partial charge is 0.211 e. The number of rotatable bonds is 7. The van der Waals surface area contributed by atoms with Crippen LogP contribution < -0.4 is 10.0 Å². The van der Waals surface area contributed by atoms with E-state index in [0.717, 1.165) is 38.6 Å². The summed E-state index contributed by atoms with van der Waals surface area (Å²) in [6.45, 7) is 5.33. The molecule has 1 unspecified atom stereocenters. The van der Waals surface area contributed by atoms with Gasteiger partial charge in [-0.2, -0.15) is 0 Å². The van der Waals surface area contributed by atoms with E-state index in [-0.39, 0.29) is 17.2 Å². The van der Waals surface area contributed by atoms with E-state index < -0.39 is 10.0 Å². The standard InChI is InChI=1S/C13H28N2O2S/c1-13(2)8-6-7-12(11-13)15-18(16,17)10-5-4-9-14-3/h12,14-15H,4-11H2,1-3H3. The summed E-state index contributed by atoms with van der Waals surface area (Å²) in [6.07, 6.45) is 5.91. The molecule has 108 valence electrons. The first-order valence-corrected chi connectivity index (χ1v) is 8.64. The summed E-state index contributed by atoms with van der Waals surface area (Å²) in [5.41, 5.74) is 0.275. The Hall–Kier alpha value is -0.130. The van der Waals surface area contributed by atoms with Gasteiger partial charge in [0.15, 0.2) is 0 Å². The Morgan fingerprint density at radius 2 is 2.00 bits per heavy atom. The van der Waals surface area contributed by atoms with Crippen molar-refractivity contribution in [3.8, 4) is 0 Å². The SMILES string of the molecule is CNCCCCS(=O)(=O)NC1CCCC(C)(C)C1. The van der Waals surface area contributed by atoms with Gasteiger partial charge in [-0.15, -0.1) is 0 Å². The van der Waals surface area contributed by atoms with Crippen LogP contribution in [0.5, 0.6) is 0 Å². The average Bonchev–Trinajstić information content (AvgIpc) is 2.22. The molecule has 18 heavy (non-hydrogen) atoms. The van der Waals surface area contributed by atoms with Crippen LogP contribution >= 0.6 is 0 Å². The zero-order valence-electron chi connectivity index (χ0n) is 12.0. The number of unbranched alkanes of at least 4 members (excludes halogenated alkanes) is 1. The predicted octanol–water partition coefficient (Wildman–Crippen LogP) is 1.87. The summed E-state index contributed by atoms with van der Waals surface area (Å²) in [5, 5.41) is 3.03. The van der Waals surface area contributed by atoms with Crippen LogP contribution in [0.4, 0.5) is 0 Å². The Morgan fingerprint density at radius 1 is 1.28 bits per heavy atom. The van der Waals surface area contributed by atoms with Gasteiger partial charge in [0.1, 0.15) is 0 Å². The van der Waals surface area contributed by atoms with Crippen molar-refractivity contribution in [2.45, 2.75) is 58.4 Å². The van der Waals surface area contributed by atoms with E-state index in [9.17, 15) is 8.42 Å². The van der Waals surface area contributed by atoms with Crippen LogP contribution in [0.3, 0.4) is 0 Å². The zero-order valence-corrected chi connectivity index (χ0v) is 12.8. The van der Waals surface area contributed by atoms with E-state index in [4.69, 9.17) is 0 Å². The molecular formula is C13H28N2O2S. The number of hydrogen-bond acceptors (Lipinski definition) is 3. The summed E-state index contributed by atoms with van der Waals surface area (Å²) in [5.74, 6) is 0.256. The summed E-state index contributed by atoms with van der Waals surface area (Å²) >= 11 is 0. The van der Waals surface area contributed by atoms with E-state index in [1.807, 2.05) is 7.05 Å². The summed E-state index contributed by atoms with van der Waals surface area (Å²) in [7, 11) is -1.20. The lowest BCUT2D eigenvalue weighted by Gasteiger charge is -2.35. The molecule has 0 radical (unpaired) electrons. The van der Waals surface area contributed by atoms with Crippen molar-refractivity contribution in [1.82, 2.24) is 10.0 Å². The zero-order chi connectivity index (χ0) is 13.6. The van der Waals surface area contributed by atoms with Gasteiger partial charge in [0, 0.05) is 6.04 Å². The molecule has 1 saturated carbocycles. The highest BCUT2D eigenvalue weighted by molar-refractivity contribution is 7.89. The van der Waals surface area contributed by atoms with Gasteiger partial charge in [-0.3, -0.25) is 0 Å². The van der Waals surface area contributed by atoms with Crippen molar-refractivity contribution in [1.29, 1.82) is 0 Å². The number of sulfonamides is 1. The molecule has 1 aliphatic carbocycles. The molecule has 1 fully saturated rings. The Labute approximate surface area is 112 Å². The fraction of sp³-hybridized carbons (Fsp3) is 1.00. The maximum atomic E-state index is 11.9. The molecule has 0 aromatic heterocycles. The lowest BCUT2D eigenvalue weighted by Crippen LogP contribution is -2.41. The van der Waals surface area contributed by atoms with Gasteiger partial charge >= 0.3 is 0 Å². The first-order chi connectivity index (χ1) is 8.35. The lowest BCUT2D eigenvalue weighted by atomic mass is 9.75. The first kappa shape index (κ1) is 15.9. The van der Waals surface area contributed by atoms with Crippen molar-refractivity contribution in [2.24, 2.45) is 5.41 Å². The third-order valence-electron chi connectivity index (χ3n) is 3.64. The molecule has 0 aromatic carbocycles. The van der Waals surface area contributed by atoms with E-state index in [2.05, 4.69) is 23.9 Å². The summed E-state index contributed by atoms with van der Waals surface area (Å²) in [4.78, 5) is 0. The van der Waals surface area contributed by atoms with Crippen molar-refractivity contribution < 1.29 is 8.42 Å². The monoisotopic (exact) mass is 276 g/mol. The predicted molar refractivity (Wildman–Crippen MR) is 76.1 cm³/mol. The molecule has 0 heterocycles. The van der Waals surface area contributed by atoms with Crippen LogP contribution in [-0.2, 0) is 10.0 Å². The van der Waals surface area contributed by atoms with E-state index in [1.165, 1.54) is 6.42 Å². The van der Waals surface area contributed by atoms with E-state index >= 15 is 0 Å². The summed E-state index contributed by atoms with van der Waals surface area (Å²) in [6, 6.07) is 0.142. The fourth-order valence-electron chi connectivity index (χ4n) is 2.71. The Kier molecular flexibility index (Phi) is 6.08. The van der Waals surface area contributed by atoms with Crippen molar-refractivity contribution >= 4 is 10.0 Å². The van der Waals surface area contributed by atoms with Gasteiger partial charge in [0.2, 0.25) is 10.0 Å². The van der Waals surface area contributed by atoms with Crippen LogP contribution in [-0.4, -0.2) is 33.8 Å². The summed E-state index contributed by atoms with van der Waals surface area (Å²) < 4.78 is 26.8. The molecule has 1 aliphatic rings. The van der Waals surface area contributed by atoms with Crippen LogP contribution in [0.2, 0.25) is 0 Å². The molecular weight excluding hydrogens is 248 g/mol. The third kappa shape index (κ3) is 6.16. The van der Waals surface area contributed by atoms with Crippen LogP contribution in [0.15, 0.2) is 0 Å². The Morgan fingerprint density at radius 3 is 2.61 bits per heavy atom. The number of hydrogen-bond donors (Lipinski definition) is 2. The molecule has 0 aromatic rings. The quantitative estimate of drug-likeness (QED) is 0.698. The van der Waals surface area contributed by atoms with E-state index in [0.29, 0.717) is 0 Å². The minimum absolute atomic E-state index is 0.142. The second-order valence-corrected chi connectivity index (χ2v) is 8.08. The van der Waals surface area contributed by atoms with Gasteiger partial charge in [0.05, 0.1) is 5.75 Å². The maximum Gasteiger partial charge on any atom is 0.211 e. The lowest BCUT2D eigenvalue weighted by molar-refractivity contribution is 0.212. The van der Waals surface area contributed by atoms with Gasteiger partial charge < -0.3 is 5.32 Å². The van der Waals surface area contributed by atoms with Crippen LogP contribution in [0.25, 0.3) is 0 Å². The highest BCUT2D eigenvalue weighted by Gasteiger charge is 2.30. The van der Waals surface area contributed by atoms with Crippen molar-refractivity contribution in [3.05, 3.63) is 0 Å². The van der Waals surface area contributed by atoms with Gasteiger partial charge in [-0.05, 0) is 51.1 Å². The molecule has 0 bridgehead atoms. The van der Waals surface area contributed by atoms with E-state index in [1.54, 1.807) is 0 Å². The molecule has 4 nitrogen and oxygen atoms in total. The Balaban J connectivity index is 2.35. The molecule has 0 aliphatic heterocycles. The topological polar surface area (TPSA) is 58.2 Å². The molecule has 0 saturated heterocycles. The highest BCUT2D eigenvalue weighted by atomic mass is 32.2. The molecule has 1 atom stereocenters. The normalized spacial score (nSPS) is 24.1. The first-order valence-electron chi connectivity index (χ1n) is 6.99. The molecule has 2 N–H and O–H groups in total. The number of nitrogens with one attached hydrogen (secondary N) is 2. The van der Waals surface area contributed by atoms with Gasteiger partial charge in [0.25, 0.3) is 0 Å². The van der Waals surface area contributed by atoms with Gasteiger partial charge in [-0.1, -0.05) is 20.3 Å². The van der Waals surface area contributed by atoms with Crippen molar-refractivity contribution in [2.75, 3.05) is 19.3 Å². The fourth-order valence-corrected chi connectivity index (χ4v) is 4.12. The molecule has 1 rings (SSSR count). The second kappa shape index (κ2) is 6.87. The highest BCUT2D eigenvalue weighted by Crippen LogP contribution is 2.35. The average molecular weight is 276 g/mol. The molecule has 0 amide bonds. The van der Waals surface area contributed by atoms with Crippen LogP contribution in [0, 0.1) is 5.41 Å².